The summed E-state index contributed by atoms with van der Waals surface area (Å²) < 4.78 is 26.5. The number of carbonyl (C=O) groups is 1. The molecule has 1 aromatic rings. The van der Waals surface area contributed by atoms with E-state index in [4.69, 9.17) is 23.2 Å². The Labute approximate surface area is 242 Å². The van der Waals surface area contributed by atoms with E-state index in [1.54, 1.807) is 18.4 Å². The Morgan fingerprint density at radius 1 is 1.13 bits per heavy atom. The standard InChI is InChI=1S/C19H29F2N4OP.C3H4Cl2.2C2H6.C2H2/c1-4-6-12-22-25(15-7-14-24(3)13-5-2)18(26)23-17-10-8-16(9-11-17)19(20,21)27;4-2-1-3-5;3*1-2/h4,6,8-12H,5,7,13-15,27H2,1-3H3,(H,23,26);1-2H,3H2;2*1-2H3;1-2H/b6-4+,22-12+;2-1+;;;. The van der Waals surface area contributed by atoms with E-state index in [0.29, 0.717) is 18.1 Å². The van der Waals surface area contributed by atoms with Crippen molar-refractivity contribution in [2.75, 3.05) is 37.9 Å². The number of hydrazone groups is 1. The second-order valence-electron chi connectivity index (χ2n) is 6.72. The molecule has 0 saturated carbocycles. The summed E-state index contributed by atoms with van der Waals surface area (Å²) in [5.41, 5.74) is -1.29. The van der Waals surface area contributed by atoms with Crippen LogP contribution in [0.25, 0.3) is 0 Å². The first kappa shape index (κ1) is 43.1. The molecular weight excluding hydrogens is 548 g/mol. The summed E-state index contributed by atoms with van der Waals surface area (Å²) in [6, 6.07) is 5.08. The third kappa shape index (κ3) is 25.7. The monoisotopic (exact) mass is 594 g/mol. The van der Waals surface area contributed by atoms with E-state index < -0.39 is 11.7 Å². The van der Waals surface area contributed by atoms with E-state index in [9.17, 15) is 13.6 Å². The average Bonchev–Trinajstić information content (AvgIpc) is 2.92. The van der Waals surface area contributed by atoms with Gasteiger partial charge >= 0.3 is 6.03 Å². The van der Waals surface area contributed by atoms with Gasteiger partial charge in [-0.1, -0.05) is 79.7 Å². The molecule has 5 nitrogen and oxygen atoms in total. The first-order valence-electron chi connectivity index (χ1n) is 12.5. The number of hydrogen-bond acceptors (Lipinski definition) is 3. The van der Waals surface area contributed by atoms with Crippen molar-refractivity contribution in [1.29, 1.82) is 0 Å². The first-order chi connectivity index (χ1) is 18.2. The van der Waals surface area contributed by atoms with Crippen molar-refractivity contribution < 1.29 is 13.6 Å². The van der Waals surface area contributed by atoms with Crippen LogP contribution >= 0.6 is 32.4 Å². The summed E-state index contributed by atoms with van der Waals surface area (Å²) in [6.45, 7) is 14.3. The lowest BCUT2D eigenvalue weighted by atomic mass is 10.2. The quantitative estimate of drug-likeness (QED) is 0.0913. The molecule has 0 bridgehead atoms. The molecule has 0 saturated heterocycles. The van der Waals surface area contributed by atoms with Gasteiger partial charge in [0.25, 0.3) is 5.66 Å². The fourth-order valence-corrected chi connectivity index (χ4v) is 2.86. The Morgan fingerprint density at radius 2 is 1.68 bits per heavy atom. The molecule has 0 aliphatic heterocycles. The number of alkyl halides is 3. The number of halogens is 4. The second kappa shape index (κ2) is 31.2. The van der Waals surface area contributed by atoms with Crippen LogP contribution in [0.5, 0.6) is 0 Å². The number of benzene rings is 1. The summed E-state index contributed by atoms with van der Waals surface area (Å²) in [4.78, 5) is 14.7. The van der Waals surface area contributed by atoms with Crippen LogP contribution in [0.2, 0.25) is 0 Å². The van der Waals surface area contributed by atoms with Gasteiger partial charge in [0.05, 0.1) is 0 Å². The van der Waals surface area contributed by atoms with Gasteiger partial charge in [0.15, 0.2) is 0 Å². The number of terminal acetylenes is 1. The minimum Gasteiger partial charge on any atom is -0.306 e. The molecule has 0 aromatic heterocycles. The third-order valence-electron chi connectivity index (χ3n) is 3.93. The van der Waals surface area contributed by atoms with E-state index in [2.05, 4.69) is 35.1 Å². The first-order valence-corrected chi connectivity index (χ1v) is 14.1. The van der Waals surface area contributed by atoms with Crippen LogP contribution in [-0.2, 0) is 5.66 Å². The summed E-state index contributed by atoms with van der Waals surface area (Å²) in [7, 11) is 3.54. The van der Waals surface area contributed by atoms with Gasteiger partial charge in [-0.05, 0) is 58.1 Å². The van der Waals surface area contributed by atoms with E-state index in [-0.39, 0.29) is 5.56 Å². The Kier molecular flexibility index (Phi) is 35.4. The lowest BCUT2D eigenvalue weighted by molar-refractivity contribution is 0.104. The normalized spacial score (nSPS) is 10.4. The molecule has 1 N–H and O–H groups in total. The Bertz CT molecular complexity index is 768. The molecule has 1 unspecified atom stereocenters. The molecule has 2 amide bonds. The molecule has 218 valence electrons. The maximum Gasteiger partial charge on any atom is 0.342 e. The van der Waals surface area contributed by atoms with E-state index in [0.717, 1.165) is 25.9 Å². The summed E-state index contributed by atoms with van der Waals surface area (Å²) in [5.74, 6) is 0.503. The highest BCUT2D eigenvalue weighted by molar-refractivity contribution is 7.17. The third-order valence-corrected chi connectivity index (χ3v) is 4.62. The summed E-state index contributed by atoms with van der Waals surface area (Å²) in [5, 5.41) is 8.22. The Balaban J connectivity index is -0.000000452. The number of rotatable bonds is 11. The van der Waals surface area contributed by atoms with E-state index in [1.165, 1.54) is 44.0 Å². The highest BCUT2D eigenvalue weighted by Gasteiger charge is 2.24. The number of carbonyl (C=O) groups excluding carboxylic acids is 1. The molecule has 1 atom stereocenters. The van der Waals surface area contributed by atoms with Crippen LogP contribution in [0.15, 0.2) is 53.1 Å². The van der Waals surface area contributed by atoms with Crippen LogP contribution in [-0.4, -0.2) is 54.7 Å². The van der Waals surface area contributed by atoms with Crippen LogP contribution < -0.4 is 5.32 Å². The van der Waals surface area contributed by atoms with Gasteiger partial charge < -0.3 is 10.2 Å². The second-order valence-corrected chi connectivity index (χ2v) is 8.00. The van der Waals surface area contributed by atoms with Crippen molar-refractivity contribution in [1.82, 2.24) is 9.91 Å². The lowest BCUT2D eigenvalue weighted by Crippen LogP contribution is -2.33. The van der Waals surface area contributed by atoms with Gasteiger partial charge in [-0.15, -0.1) is 24.4 Å². The van der Waals surface area contributed by atoms with Gasteiger partial charge in [0.1, 0.15) is 0 Å². The average molecular weight is 596 g/mol. The number of amides is 2. The molecule has 0 radical (unpaired) electrons. The number of nitrogens with zero attached hydrogens (tertiary/aromatic N) is 3. The van der Waals surface area contributed by atoms with Crippen molar-refractivity contribution in [2.45, 2.75) is 60.0 Å². The van der Waals surface area contributed by atoms with Gasteiger partial charge in [-0.2, -0.15) is 13.9 Å². The minimum absolute atomic E-state index is 0.132. The lowest BCUT2D eigenvalue weighted by Gasteiger charge is -2.20. The largest absolute Gasteiger partial charge is 0.342 e. The number of hydrogen-bond donors (Lipinski definition) is 1. The molecule has 1 rings (SSSR count). The van der Waals surface area contributed by atoms with Crippen LogP contribution in [0.4, 0.5) is 19.3 Å². The van der Waals surface area contributed by atoms with E-state index >= 15 is 0 Å². The molecule has 0 heterocycles. The number of allylic oxidation sites excluding steroid dienone is 3. The molecular formula is C28H47Cl2F2N4OP. The van der Waals surface area contributed by atoms with E-state index in [1.807, 2.05) is 47.7 Å². The molecule has 0 aliphatic carbocycles. The minimum atomic E-state index is -2.99. The zero-order valence-electron chi connectivity index (χ0n) is 23.9. The zero-order chi connectivity index (χ0) is 30.4. The predicted molar refractivity (Wildman–Crippen MR) is 170 cm³/mol. The fraction of sp³-hybridized carbons (Fsp3) is 0.500. The summed E-state index contributed by atoms with van der Waals surface area (Å²) in [6.07, 6.45) is 16.6. The van der Waals surface area contributed by atoms with Crippen molar-refractivity contribution >= 4 is 50.4 Å². The maximum atomic E-state index is 13.2. The molecule has 0 aliphatic rings. The van der Waals surface area contributed by atoms with Crippen LogP contribution in [0, 0.1) is 12.8 Å². The molecule has 38 heavy (non-hydrogen) atoms. The van der Waals surface area contributed by atoms with Gasteiger partial charge in [-0.25, -0.2) is 9.80 Å². The molecule has 0 fully saturated rings. The SMILES string of the molecule is C#C.C/C=C/C=N/N(CCCN(C)CCC)C(=O)Nc1ccc(C(F)(F)P)cc1.CC.CC.Cl/C=C/CCl. The number of nitrogens with one attached hydrogen (secondary N) is 1. The van der Waals surface area contributed by atoms with Gasteiger partial charge in [0, 0.05) is 35.4 Å². The molecule has 10 heteroatoms. The smallest absolute Gasteiger partial charge is 0.306 e. The topological polar surface area (TPSA) is 47.9 Å². The van der Waals surface area contributed by atoms with Gasteiger partial charge in [0.2, 0.25) is 0 Å². The highest BCUT2D eigenvalue weighted by Crippen LogP contribution is 2.35. The van der Waals surface area contributed by atoms with Crippen molar-refractivity contribution in [2.24, 2.45) is 5.10 Å². The predicted octanol–water partition coefficient (Wildman–Crippen LogP) is 9.02. The van der Waals surface area contributed by atoms with Crippen molar-refractivity contribution in [3.05, 3.63) is 53.6 Å². The maximum absolute atomic E-state index is 13.2. The molecule has 1 aromatic carbocycles. The number of anilines is 1. The molecule has 0 spiro atoms. The zero-order valence-corrected chi connectivity index (χ0v) is 26.6. The summed E-state index contributed by atoms with van der Waals surface area (Å²) >= 11 is 10.2. The Morgan fingerprint density at radius 3 is 2.08 bits per heavy atom. The van der Waals surface area contributed by atoms with Crippen LogP contribution in [0.1, 0.15) is 59.9 Å². The van der Waals surface area contributed by atoms with Crippen molar-refractivity contribution in [3.8, 4) is 12.8 Å². The fourth-order valence-electron chi connectivity index (χ4n) is 2.40. The number of urea groups is 1. The van der Waals surface area contributed by atoms with Gasteiger partial charge in [-0.3, -0.25) is 0 Å². The Hall–Kier alpha value is -1.97. The highest BCUT2D eigenvalue weighted by atomic mass is 35.5. The van der Waals surface area contributed by atoms with Crippen molar-refractivity contribution in [3.63, 3.8) is 0 Å². The van der Waals surface area contributed by atoms with Crippen LogP contribution in [0.3, 0.4) is 0 Å².